The monoisotopic (exact) mass is 292 g/mol. The highest BCUT2D eigenvalue weighted by atomic mass is 16.5. The molecule has 1 fully saturated rings. The number of carbonyl (C=O) groups is 1. The van der Waals surface area contributed by atoms with E-state index in [0.29, 0.717) is 19.7 Å². The van der Waals surface area contributed by atoms with Gasteiger partial charge < -0.3 is 20.1 Å². The van der Waals surface area contributed by atoms with E-state index in [2.05, 4.69) is 6.92 Å². The molecule has 0 aromatic heterocycles. The van der Waals surface area contributed by atoms with Crippen LogP contribution < -0.4 is 15.4 Å². The Kier molecular flexibility index (Phi) is 5.59. The summed E-state index contributed by atoms with van der Waals surface area (Å²) in [6.07, 6.45) is 1.33. The smallest absolute Gasteiger partial charge is 0.256 e. The Hall–Kier alpha value is -1.59. The van der Waals surface area contributed by atoms with Crippen LogP contribution in [-0.4, -0.2) is 38.8 Å². The van der Waals surface area contributed by atoms with Crippen molar-refractivity contribution in [2.75, 3.05) is 31.7 Å². The number of hydrogen-bond acceptors (Lipinski definition) is 4. The van der Waals surface area contributed by atoms with Crippen LogP contribution in [0.1, 0.15) is 19.8 Å². The van der Waals surface area contributed by atoms with Crippen LogP contribution in [0.15, 0.2) is 24.3 Å². The molecule has 0 saturated carbocycles. The first kappa shape index (κ1) is 15.8. The van der Waals surface area contributed by atoms with Gasteiger partial charge in [-0.15, -0.1) is 0 Å². The standard InChI is InChI=1S/C16H24N2O3/c1-12-7-10-21-15(12)16(19)18(9-4-8-17)13-5-3-6-14(11-13)20-2/h3,5-6,11-12,15H,4,7-10,17H2,1-2H3. The maximum absolute atomic E-state index is 12.8. The van der Waals surface area contributed by atoms with Gasteiger partial charge >= 0.3 is 0 Å². The third-order valence-corrected chi connectivity index (χ3v) is 3.85. The molecule has 1 aliphatic heterocycles. The molecule has 116 valence electrons. The Morgan fingerprint density at radius 3 is 2.95 bits per heavy atom. The number of ether oxygens (including phenoxy) is 2. The second-order valence-electron chi connectivity index (χ2n) is 5.39. The molecule has 1 saturated heterocycles. The molecule has 1 heterocycles. The molecule has 2 rings (SSSR count). The van der Waals surface area contributed by atoms with Gasteiger partial charge in [-0.25, -0.2) is 0 Å². The summed E-state index contributed by atoms with van der Waals surface area (Å²) in [4.78, 5) is 14.5. The zero-order valence-electron chi connectivity index (χ0n) is 12.7. The Bertz CT molecular complexity index is 478. The maximum Gasteiger partial charge on any atom is 0.256 e. The van der Waals surface area contributed by atoms with Gasteiger partial charge in [0.1, 0.15) is 11.9 Å². The number of rotatable bonds is 6. The Morgan fingerprint density at radius 2 is 2.33 bits per heavy atom. The molecule has 1 amide bonds. The van der Waals surface area contributed by atoms with E-state index in [0.717, 1.165) is 24.3 Å². The van der Waals surface area contributed by atoms with Gasteiger partial charge in [-0.05, 0) is 37.4 Å². The van der Waals surface area contributed by atoms with Crippen LogP contribution in [0.4, 0.5) is 5.69 Å². The van der Waals surface area contributed by atoms with E-state index >= 15 is 0 Å². The fraction of sp³-hybridized carbons (Fsp3) is 0.562. The molecule has 21 heavy (non-hydrogen) atoms. The molecule has 2 unspecified atom stereocenters. The summed E-state index contributed by atoms with van der Waals surface area (Å²) >= 11 is 0. The molecule has 2 atom stereocenters. The Morgan fingerprint density at radius 1 is 1.52 bits per heavy atom. The summed E-state index contributed by atoms with van der Waals surface area (Å²) in [7, 11) is 1.62. The predicted molar refractivity (Wildman–Crippen MR) is 82.5 cm³/mol. The topological polar surface area (TPSA) is 64.8 Å². The molecule has 1 aliphatic rings. The SMILES string of the molecule is COc1cccc(N(CCCN)C(=O)C2OCCC2C)c1. The summed E-state index contributed by atoms with van der Waals surface area (Å²) in [6.45, 7) is 3.85. The number of methoxy groups -OCH3 is 1. The first-order chi connectivity index (χ1) is 10.2. The third kappa shape index (κ3) is 3.74. The molecule has 0 spiro atoms. The molecular weight excluding hydrogens is 268 g/mol. The molecule has 1 aromatic rings. The highest BCUT2D eigenvalue weighted by Gasteiger charge is 2.34. The Labute approximate surface area is 126 Å². The van der Waals surface area contributed by atoms with Crippen LogP contribution in [0.5, 0.6) is 5.75 Å². The van der Waals surface area contributed by atoms with Gasteiger partial charge in [0.2, 0.25) is 0 Å². The van der Waals surface area contributed by atoms with Crippen LogP contribution >= 0.6 is 0 Å². The molecule has 0 aliphatic carbocycles. The first-order valence-corrected chi connectivity index (χ1v) is 7.44. The van der Waals surface area contributed by atoms with E-state index in [-0.39, 0.29) is 17.9 Å². The van der Waals surface area contributed by atoms with Crippen molar-refractivity contribution in [2.45, 2.75) is 25.9 Å². The van der Waals surface area contributed by atoms with Crippen molar-refractivity contribution < 1.29 is 14.3 Å². The van der Waals surface area contributed by atoms with Crippen LogP contribution in [0.25, 0.3) is 0 Å². The van der Waals surface area contributed by atoms with Crippen LogP contribution in [0.2, 0.25) is 0 Å². The van der Waals surface area contributed by atoms with Crippen molar-refractivity contribution in [3.05, 3.63) is 24.3 Å². The lowest BCUT2D eigenvalue weighted by molar-refractivity contribution is -0.128. The molecule has 5 heteroatoms. The van der Waals surface area contributed by atoms with E-state index in [1.165, 1.54) is 0 Å². The average molecular weight is 292 g/mol. The van der Waals surface area contributed by atoms with Gasteiger partial charge in [0.05, 0.1) is 7.11 Å². The number of hydrogen-bond donors (Lipinski definition) is 1. The molecule has 0 bridgehead atoms. The fourth-order valence-electron chi connectivity index (χ4n) is 2.56. The highest BCUT2D eigenvalue weighted by Crippen LogP contribution is 2.27. The lowest BCUT2D eigenvalue weighted by atomic mass is 10.0. The minimum atomic E-state index is -0.353. The second kappa shape index (κ2) is 7.43. The summed E-state index contributed by atoms with van der Waals surface area (Å²) in [6, 6.07) is 7.53. The minimum Gasteiger partial charge on any atom is -0.497 e. The number of carbonyl (C=O) groups excluding carboxylic acids is 1. The third-order valence-electron chi connectivity index (χ3n) is 3.85. The zero-order valence-corrected chi connectivity index (χ0v) is 12.7. The van der Waals surface area contributed by atoms with Gasteiger partial charge in [-0.2, -0.15) is 0 Å². The van der Waals surface area contributed by atoms with Crippen LogP contribution in [0.3, 0.4) is 0 Å². The van der Waals surface area contributed by atoms with Gasteiger partial charge in [0, 0.05) is 24.9 Å². The first-order valence-electron chi connectivity index (χ1n) is 7.44. The highest BCUT2D eigenvalue weighted by molar-refractivity contribution is 5.97. The van der Waals surface area contributed by atoms with Gasteiger partial charge in [0.15, 0.2) is 0 Å². The van der Waals surface area contributed by atoms with Crippen molar-refractivity contribution in [3.63, 3.8) is 0 Å². The summed E-state index contributed by atoms with van der Waals surface area (Å²) < 4.78 is 10.9. The Balaban J connectivity index is 2.22. The van der Waals surface area contributed by atoms with Crippen molar-refractivity contribution in [3.8, 4) is 5.75 Å². The van der Waals surface area contributed by atoms with E-state index < -0.39 is 0 Å². The zero-order chi connectivity index (χ0) is 15.2. The van der Waals surface area contributed by atoms with Gasteiger partial charge in [-0.3, -0.25) is 4.79 Å². The lowest BCUT2D eigenvalue weighted by Gasteiger charge is -2.27. The molecule has 2 N–H and O–H groups in total. The predicted octanol–water partition coefficient (Wildman–Crippen LogP) is 1.80. The van der Waals surface area contributed by atoms with Crippen molar-refractivity contribution in [1.82, 2.24) is 0 Å². The summed E-state index contributed by atoms with van der Waals surface area (Å²) in [5.41, 5.74) is 6.43. The summed E-state index contributed by atoms with van der Waals surface area (Å²) in [5.74, 6) is 1.00. The van der Waals surface area contributed by atoms with Gasteiger partial charge in [-0.1, -0.05) is 13.0 Å². The quantitative estimate of drug-likeness (QED) is 0.868. The molecule has 5 nitrogen and oxygen atoms in total. The largest absolute Gasteiger partial charge is 0.497 e. The minimum absolute atomic E-state index is 0.0155. The number of benzene rings is 1. The van der Waals surface area contributed by atoms with E-state index in [1.807, 2.05) is 24.3 Å². The number of nitrogens with zero attached hydrogens (tertiary/aromatic N) is 1. The lowest BCUT2D eigenvalue weighted by Crippen LogP contribution is -2.42. The fourth-order valence-corrected chi connectivity index (χ4v) is 2.56. The van der Waals surface area contributed by atoms with E-state index in [9.17, 15) is 4.79 Å². The van der Waals surface area contributed by atoms with Crippen LogP contribution in [0, 0.1) is 5.92 Å². The molecule has 0 radical (unpaired) electrons. The van der Waals surface area contributed by atoms with Gasteiger partial charge in [0.25, 0.3) is 5.91 Å². The van der Waals surface area contributed by atoms with E-state index in [1.54, 1.807) is 12.0 Å². The van der Waals surface area contributed by atoms with Crippen LogP contribution in [-0.2, 0) is 9.53 Å². The molecular formula is C16H24N2O3. The average Bonchev–Trinajstić information content (AvgIpc) is 2.94. The maximum atomic E-state index is 12.8. The van der Waals surface area contributed by atoms with Crippen molar-refractivity contribution in [2.24, 2.45) is 11.7 Å². The number of nitrogens with two attached hydrogens (primary N) is 1. The summed E-state index contributed by atoms with van der Waals surface area (Å²) in [5, 5.41) is 0. The number of anilines is 1. The number of amides is 1. The van der Waals surface area contributed by atoms with Crippen molar-refractivity contribution >= 4 is 11.6 Å². The normalized spacial score (nSPS) is 21.3. The van der Waals surface area contributed by atoms with Crippen molar-refractivity contribution in [1.29, 1.82) is 0 Å². The second-order valence-corrected chi connectivity index (χ2v) is 5.39. The van der Waals surface area contributed by atoms with E-state index in [4.69, 9.17) is 15.2 Å². The molecule has 1 aromatic carbocycles.